The molecule has 0 fully saturated rings. The number of rotatable bonds is 7. The van der Waals surface area contributed by atoms with Crippen molar-refractivity contribution >= 4 is 21.7 Å². The zero-order chi connectivity index (χ0) is 14.4. The molecule has 4 heteroatoms. The van der Waals surface area contributed by atoms with E-state index in [0.29, 0.717) is 11.8 Å². The summed E-state index contributed by atoms with van der Waals surface area (Å²) in [5.74, 6) is 3.07. The molecule has 0 unspecified atom stereocenters. The molecule has 0 radical (unpaired) electrons. The molecular weight excluding hydrogens is 302 g/mol. The predicted octanol–water partition coefficient (Wildman–Crippen LogP) is 4.46. The molecule has 0 aliphatic carbocycles. The molecule has 108 valence electrons. The fourth-order valence-corrected chi connectivity index (χ4v) is 2.36. The van der Waals surface area contributed by atoms with E-state index in [1.165, 1.54) is 0 Å². The van der Waals surface area contributed by atoms with E-state index in [1.807, 2.05) is 0 Å². The van der Waals surface area contributed by atoms with E-state index in [2.05, 4.69) is 60.8 Å². The third-order valence-electron chi connectivity index (χ3n) is 2.70. The van der Waals surface area contributed by atoms with Crippen LogP contribution in [0.3, 0.4) is 0 Å². The van der Waals surface area contributed by atoms with Crippen LogP contribution in [0, 0.1) is 11.8 Å². The van der Waals surface area contributed by atoms with Gasteiger partial charge in [0.25, 0.3) is 0 Å². The average Bonchev–Trinajstić information content (AvgIpc) is 2.30. The maximum absolute atomic E-state index is 4.72. The summed E-state index contributed by atoms with van der Waals surface area (Å²) in [6, 6.07) is 0. The first kappa shape index (κ1) is 16.4. The van der Waals surface area contributed by atoms with Gasteiger partial charge in [0.05, 0.1) is 10.2 Å². The Morgan fingerprint density at radius 2 is 1.68 bits per heavy atom. The van der Waals surface area contributed by atoms with Crippen molar-refractivity contribution in [2.45, 2.75) is 53.9 Å². The second-order valence-corrected chi connectivity index (χ2v) is 6.66. The van der Waals surface area contributed by atoms with Gasteiger partial charge in [-0.1, -0.05) is 34.6 Å². The van der Waals surface area contributed by atoms with Crippen LogP contribution in [-0.4, -0.2) is 16.5 Å². The quantitative estimate of drug-likeness (QED) is 0.803. The summed E-state index contributed by atoms with van der Waals surface area (Å²) < 4.78 is 1.03. The summed E-state index contributed by atoms with van der Waals surface area (Å²) in [7, 11) is 0. The van der Waals surface area contributed by atoms with Crippen LogP contribution in [0.15, 0.2) is 4.47 Å². The number of nitrogens with one attached hydrogen (secondary N) is 1. The van der Waals surface area contributed by atoms with Gasteiger partial charge in [0.15, 0.2) is 0 Å². The number of nitrogens with zero attached hydrogens (tertiary/aromatic N) is 2. The molecule has 1 rings (SSSR count). The lowest BCUT2D eigenvalue weighted by atomic mass is 10.1. The largest absolute Gasteiger partial charge is 0.369 e. The van der Waals surface area contributed by atoms with Crippen molar-refractivity contribution in [3.05, 3.63) is 16.0 Å². The van der Waals surface area contributed by atoms with Gasteiger partial charge in [0, 0.05) is 13.0 Å². The minimum Gasteiger partial charge on any atom is -0.369 e. The Balaban J connectivity index is 3.06. The number of hydrogen-bond donors (Lipinski definition) is 1. The second kappa shape index (κ2) is 7.83. The fraction of sp³-hybridized carbons (Fsp3) is 0.733. The maximum atomic E-state index is 4.72. The molecule has 0 saturated carbocycles. The Labute approximate surface area is 125 Å². The Morgan fingerprint density at radius 1 is 1.05 bits per heavy atom. The molecule has 0 aromatic carbocycles. The van der Waals surface area contributed by atoms with Crippen molar-refractivity contribution in [1.82, 2.24) is 9.97 Å². The van der Waals surface area contributed by atoms with Gasteiger partial charge in [-0.2, -0.15) is 0 Å². The Kier molecular flexibility index (Phi) is 6.76. The third kappa shape index (κ3) is 5.47. The topological polar surface area (TPSA) is 37.8 Å². The molecule has 0 bridgehead atoms. The molecule has 0 saturated heterocycles. The molecule has 3 nitrogen and oxygen atoms in total. The van der Waals surface area contributed by atoms with Gasteiger partial charge in [-0.25, -0.2) is 9.97 Å². The highest BCUT2D eigenvalue weighted by Crippen LogP contribution is 2.26. The fourth-order valence-electron chi connectivity index (χ4n) is 1.88. The number of halogens is 1. The summed E-state index contributed by atoms with van der Waals surface area (Å²) in [5, 5.41) is 3.39. The lowest BCUT2D eigenvalue weighted by molar-refractivity contribution is 0.599. The zero-order valence-corrected chi connectivity index (χ0v) is 14.3. The van der Waals surface area contributed by atoms with Crippen LogP contribution in [0.25, 0.3) is 0 Å². The molecule has 0 atom stereocenters. The summed E-state index contributed by atoms with van der Waals surface area (Å²) in [6.07, 6.45) is 3.00. The Bertz CT molecular complexity index is 403. The van der Waals surface area contributed by atoms with Gasteiger partial charge < -0.3 is 5.32 Å². The molecule has 1 aromatic heterocycles. The first-order chi connectivity index (χ1) is 8.93. The first-order valence-corrected chi connectivity index (χ1v) is 8.02. The normalized spacial score (nSPS) is 11.4. The van der Waals surface area contributed by atoms with E-state index in [0.717, 1.165) is 47.6 Å². The van der Waals surface area contributed by atoms with Gasteiger partial charge in [-0.05, 0) is 40.6 Å². The molecule has 1 aromatic rings. The Hall–Kier alpha value is -0.640. The van der Waals surface area contributed by atoms with Crippen molar-refractivity contribution in [3.63, 3.8) is 0 Å². The Morgan fingerprint density at radius 3 is 2.21 bits per heavy atom. The van der Waals surface area contributed by atoms with Crippen LogP contribution in [0.1, 0.15) is 52.6 Å². The molecule has 0 spiro atoms. The third-order valence-corrected chi connectivity index (χ3v) is 3.53. The van der Waals surface area contributed by atoms with E-state index in [4.69, 9.17) is 4.98 Å². The molecule has 1 heterocycles. The first-order valence-electron chi connectivity index (χ1n) is 7.23. The standard InChI is InChI=1S/C15H26BrN3/c1-6-7-17-15-14(16)12(8-10(2)3)18-13(19-15)9-11(4)5/h10-11H,6-9H2,1-5H3,(H,17,18,19). The molecular formula is C15H26BrN3. The van der Waals surface area contributed by atoms with Crippen molar-refractivity contribution in [1.29, 1.82) is 0 Å². The lowest BCUT2D eigenvalue weighted by Gasteiger charge is -2.14. The number of anilines is 1. The summed E-state index contributed by atoms with van der Waals surface area (Å²) >= 11 is 3.65. The second-order valence-electron chi connectivity index (χ2n) is 5.87. The smallest absolute Gasteiger partial charge is 0.144 e. The van der Waals surface area contributed by atoms with Crippen LogP contribution < -0.4 is 5.32 Å². The van der Waals surface area contributed by atoms with Gasteiger partial charge in [-0.15, -0.1) is 0 Å². The number of hydrogen-bond acceptors (Lipinski definition) is 3. The molecule has 0 aliphatic rings. The van der Waals surface area contributed by atoms with Crippen molar-refractivity contribution in [3.8, 4) is 0 Å². The minimum atomic E-state index is 0.576. The van der Waals surface area contributed by atoms with Crippen LogP contribution in [-0.2, 0) is 12.8 Å². The maximum Gasteiger partial charge on any atom is 0.144 e. The summed E-state index contributed by atoms with van der Waals surface area (Å²) in [6.45, 7) is 11.9. The molecule has 0 amide bonds. The van der Waals surface area contributed by atoms with Crippen LogP contribution >= 0.6 is 15.9 Å². The van der Waals surface area contributed by atoms with Gasteiger partial charge in [0.1, 0.15) is 11.6 Å². The number of aromatic nitrogens is 2. The summed E-state index contributed by atoms with van der Waals surface area (Å²) in [5.41, 5.74) is 1.12. The molecule has 0 aliphatic heterocycles. The predicted molar refractivity (Wildman–Crippen MR) is 85.6 cm³/mol. The van der Waals surface area contributed by atoms with Crippen LogP contribution in [0.2, 0.25) is 0 Å². The molecule has 19 heavy (non-hydrogen) atoms. The monoisotopic (exact) mass is 327 g/mol. The highest BCUT2D eigenvalue weighted by atomic mass is 79.9. The van der Waals surface area contributed by atoms with Crippen molar-refractivity contribution < 1.29 is 0 Å². The SMILES string of the molecule is CCCNc1nc(CC(C)C)nc(CC(C)C)c1Br. The van der Waals surface area contributed by atoms with Crippen molar-refractivity contribution in [2.24, 2.45) is 11.8 Å². The van der Waals surface area contributed by atoms with E-state index in [-0.39, 0.29) is 0 Å². The van der Waals surface area contributed by atoms with E-state index >= 15 is 0 Å². The highest BCUT2D eigenvalue weighted by molar-refractivity contribution is 9.10. The van der Waals surface area contributed by atoms with Crippen LogP contribution in [0.4, 0.5) is 5.82 Å². The minimum absolute atomic E-state index is 0.576. The zero-order valence-electron chi connectivity index (χ0n) is 12.8. The van der Waals surface area contributed by atoms with E-state index < -0.39 is 0 Å². The van der Waals surface area contributed by atoms with E-state index in [1.54, 1.807) is 0 Å². The van der Waals surface area contributed by atoms with Gasteiger partial charge >= 0.3 is 0 Å². The van der Waals surface area contributed by atoms with Gasteiger partial charge in [-0.3, -0.25) is 0 Å². The lowest BCUT2D eigenvalue weighted by Crippen LogP contribution is -2.11. The van der Waals surface area contributed by atoms with Gasteiger partial charge in [0.2, 0.25) is 0 Å². The van der Waals surface area contributed by atoms with E-state index in [9.17, 15) is 0 Å². The van der Waals surface area contributed by atoms with Crippen molar-refractivity contribution in [2.75, 3.05) is 11.9 Å². The highest BCUT2D eigenvalue weighted by Gasteiger charge is 2.14. The summed E-state index contributed by atoms with van der Waals surface area (Å²) in [4.78, 5) is 9.37. The average molecular weight is 328 g/mol. The van der Waals surface area contributed by atoms with Crippen LogP contribution in [0.5, 0.6) is 0 Å². The molecule has 1 N–H and O–H groups in total.